The summed E-state index contributed by atoms with van der Waals surface area (Å²) in [6.45, 7) is 8.26. The summed E-state index contributed by atoms with van der Waals surface area (Å²) in [7, 11) is 0. The van der Waals surface area contributed by atoms with Crippen molar-refractivity contribution in [1.29, 1.82) is 0 Å². The number of hydrogen-bond acceptors (Lipinski definition) is 2. The van der Waals surface area contributed by atoms with E-state index in [0.717, 1.165) is 22.7 Å². The van der Waals surface area contributed by atoms with Crippen molar-refractivity contribution in [3.63, 3.8) is 0 Å². The first kappa shape index (κ1) is 9.25. The molecular formula is C12H15NO. The normalized spacial score (nSPS) is 11.5. The second-order valence-corrected chi connectivity index (χ2v) is 4.07. The number of rotatable bonds is 1. The monoisotopic (exact) mass is 189 g/mol. The molecule has 0 unspecified atom stereocenters. The van der Waals surface area contributed by atoms with Crippen LogP contribution < -0.4 is 0 Å². The SMILES string of the molecule is Cc1cc2cc(C(C)C)oc2c(C)n1. The fourth-order valence-electron chi connectivity index (χ4n) is 1.67. The Kier molecular flexibility index (Phi) is 2.06. The molecule has 2 nitrogen and oxygen atoms in total. The van der Waals surface area contributed by atoms with Gasteiger partial charge in [-0.3, -0.25) is 4.98 Å². The molecule has 0 aromatic carbocycles. The van der Waals surface area contributed by atoms with E-state index >= 15 is 0 Å². The van der Waals surface area contributed by atoms with E-state index in [1.54, 1.807) is 0 Å². The summed E-state index contributed by atoms with van der Waals surface area (Å²) in [6, 6.07) is 4.18. The molecule has 2 heterocycles. The number of aryl methyl sites for hydroxylation is 2. The third-order valence-corrected chi connectivity index (χ3v) is 2.39. The summed E-state index contributed by atoms with van der Waals surface area (Å²) in [4.78, 5) is 4.38. The first-order valence-electron chi connectivity index (χ1n) is 4.95. The maximum absolute atomic E-state index is 5.75. The van der Waals surface area contributed by atoms with Gasteiger partial charge in [0.05, 0.1) is 5.69 Å². The topological polar surface area (TPSA) is 26.0 Å². The van der Waals surface area contributed by atoms with Crippen molar-refractivity contribution in [2.24, 2.45) is 0 Å². The van der Waals surface area contributed by atoms with Gasteiger partial charge in [0.2, 0.25) is 0 Å². The van der Waals surface area contributed by atoms with Gasteiger partial charge in [-0.2, -0.15) is 0 Å². The average molecular weight is 189 g/mol. The van der Waals surface area contributed by atoms with E-state index in [9.17, 15) is 0 Å². The molecule has 2 rings (SSSR count). The van der Waals surface area contributed by atoms with E-state index in [1.807, 2.05) is 13.8 Å². The zero-order chi connectivity index (χ0) is 10.3. The van der Waals surface area contributed by atoms with Crippen molar-refractivity contribution in [3.05, 3.63) is 29.3 Å². The molecule has 0 N–H and O–H groups in total. The van der Waals surface area contributed by atoms with Crippen molar-refractivity contribution in [2.45, 2.75) is 33.6 Å². The summed E-state index contributed by atoms with van der Waals surface area (Å²) in [5.74, 6) is 1.47. The van der Waals surface area contributed by atoms with Gasteiger partial charge in [-0.05, 0) is 26.0 Å². The van der Waals surface area contributed by atoms with Crippen LogP contribution in [-0.4, -0.2) is 4.98 Å². The van der Waals surface area contributed by atoms with E-state index in [-0.39, 0.29) is 0 Å². The molecule has 0 saturated carbocycles. The molecule has 0 spiro atoms. The Balaban J connectivity index is 2.70. The molecule has 0 aliphatic carbocycles. The minimum atomic E-state index is 0.433. The van der Waals surface area contributed by atoms with Crippen LogP contribution in [-0.2, 0) is 0 Å². The van der Waals surface area contributed by atoms with Crippen molar-refractivity contribution >= 4 is 11.0 Å². The molecule has 0 bridgehead atoms. The molecule has 0 amide bonds. The van der Waals surface area contributed by atoms with Gasteiger partial charge < -0.3 is 4.42 Å². The van der Waals surface area contributed by atoms with Gasteiger partial charge in [0.15, 0.2) is 5.58 Å². The van der Waals surface area contributed by atoms with Crippen LogP contribution in [0.4, 0.5) is 0 Å². The first-order valence-corrected chi connectivity index (χ1v) is 4.95. The predicted octanol–water partition coefficient (Wildman–Crippen LogP) is 3.57. The molecule has 0 aliphatic rings. The minimum absolute atomic E-state index is 0.433. The minimum Gasteiger partial charge on any atom is -0.459 e. The van der Waals surface area contributed by atoms with Gasteiger partial charge in [-0.15, -0.1) is 0 Å². The lowest BCUT2D eigenvalue weighted by Gasteiger charge is -1.97. The van der Waals surface area contributed by atoms with Crippen LogP contribution in [0, 0.1) is 13.8 Å². The zero-order valence-electron chi connectivity index (χ0n) is 9.09. The third-order valence-electron chi connectivity index (χ3n) is 2.39. The predicted molar refractivity (Wildman–Crippen MR) is 57.6 cm³/mol. The van der Waals surface area contributed by atoms with E-state index in [1.165, 1.54) is 5.39 Å². The number of furan rings is 1. The highest BCUT2D eigenvalue weighted by molar-refractivity contribution is 5.80. The van der Waals surface area contributed by atoms with Gasteiger partial charge in [0.25, 0.3) is 0 Å². The Labute approximate surface area is 84.0 Å². The van der Waals surface area contributed by atoms with Crippen molar-refractivity contribution in [1.82, 2.24) is 4.98 Å². The third kappa shape index (κ3) is 1.41. The van der Waals surface area contributed by atoms with Crippen LogP contribution in [0.1, 0.15) is 36.9 Å². The summed E-state index contributed by atoms with van der Waals surface area (Å²) in [5.41, 5.74) is 2.96. The first-order chi connectivity index (χ1) is 6.58. The maximum atomic E-state index is 5.75. The molecule has 74 valence electrons. The lowest BCUT2D eigenvalue weighted by Crippen LogP contribution is -1.84. The Morgan fingerprint density at radius 3 is 2.57 bits per heavy atom. The smallest absolute Gasteiger partial charge is 0.155 e. The number of fused-ring (bicyclic) bond motifs is 1. The van der Waals surface area contributed by atoms with Crippen molar-refractivity contribution in [3.8, 4) is 0 Å². The Morgan fingerprint density at radius 2 is 1.93 bits per heavy atom. The van der Waals surface area contributed by atoms with Crippen LogP contribution in [0.15, 0.2) is 16.5 Å². The lowest BCUT2D eigenvalue weighted by atomic mass is 10.1. The number of aromatic nitrogens is 1. The Morgan fingerprint density at radius 1 is 1.21 bits per heavy atom. The highest BCUT2D eigenvalue weighted by Gasteiger charge is 2.09. The molecular weight excluding hydrogens is 174 g/mol. The molecule has 2 aromatic rings. The van der Waals surface area contributed by atoms with Gasteiger partial charge in [0.1, 0.15) is 5.76 Å². The van der Waals surface area contributed by atoms with Gasteiger partial charge >= 0.3 is 0 Å². The fourth-order valence-corrected chi connectivity index (χ4v) is 1.67. The highest BCUT2D eigenvalue weighted by Crippen LogP contribution is 2.26. The van der Waals surface area contributed by atoms with E-state index in [0.29, 0.717) is 5.92 Å². The average Bonchev–Trinajstić information content (AvgIpc) is 2.47. The summed E-state index contributed by atoms with van der Waals surface area (Å²) >= 11 is 0. The number of hydrogen-bond donors (Lipinski definition) is 0. The summed E-state index contributed by atoms with van der Waals surface area (Å²) in [6.07, 6.45) is 0. The standard InChI is InChI=1S/C12H15NO/c1-7(2)11-6-10-5-8(3)13-9(4)12(10)14-11/h5-7H,1-4H3. The van der Waals surface area contributed by atoms with Crippen LogP contribution in [0.25, 0.3) is 11.0 Å². The van der Waals surface area contributed by atoms with Crippen LogP contribution in [0.3, 0.4) is 0 Å². The van der Waals surface area contributed by atoms with E-state index in [4.69, 9.17) is 4.42 Å². The summed E-state index contributed by atoms with van der Waals surface area (Å²) in [5, 5.41) is 1.17. The molecule has 0 aliphatic heterocycles. The van der Waals surface area contributed by atoms with Crippen molar-refractivity contribution in [2.75, 3.05) is 0 Å². The molecule has 2 heteroatoms. The number of pyridine rings is 1. The Bertz CT molecular complexity index is 468. The quantitative estimate of drug-likeness (QED) is 0.685. The molecule has 14 heavy (non-hydrogen) atoms. The van der Waals surface area contributed by atoms with E-state index in [2.05, 4.69) is 31.0 Å². The van der Waals surface area contributed by atoms with E-state index < -0.39 is 0 Å². The number of nitrogens with zero attached hydrogens (tertiary/aromatic N) is 1. The highest BCUT2D eigenvalue weighted by atomic mass is 16.3. The fraction of sp³-hybridized carbons (Fsp3) is 0.417. The lowest BCUT2D eigenvalue weighted by molar-refractivity contribution is 0.519. The maximum Gasteiger partial charge on any atom is 0.155 e. The molecule has 0 fully saturated rings. The summed E-state index contributed by atoms with van der Waals surface area (Å²) < 4.78 is 5.75. The Hall–Kier alpha value is -1.31. The van der Waals surface area contributed by atoms with Crippen molar-refractivity contribution < 1.29 is 4.42 Å². The van der Waals surface area contributed by atoms with Gasteiger partial charge in [-0.1, -0.05) is 13.8 Å². The molecule has 0 saturated heterocycles. The molecule has 0 radical (unpaired) electrons. The van der Waals surface area contributed by atoms with Crippen LogP contribution in [0.5, 0.6) is 0 Å². The van der Waals surface area contributed by atoms with Crippen LogP contribution in [0.2, 0.25) is 0 Å². The van der Waals surface area contributed by atoms with Gasteiger partial charge in [0, 0.05) is 17.0 Å². The molecule has 2 aromatic heterocycles. The zero-order valence-corrected chi connectivity index (χ0v) is 9.09. The second-order valence-electron chi connectivity index (χ2n) is 4.07. The second kappa shape index (κ2) is 3.12. The van der Waals surface area contributed by atoms with Gasteiger partial charge in [-0.25, -0.2) is 0 Å². The van der Waals surface area contributed by atoms with Crippen LogP contribution >= 0.6 is 0 Å². The largest absolute Gasteiger partial charge is 0.459 e. The molecule has 0 atom stereocenters.